The number of rotatable bonds is 4. The van der Waals surface area contributed by atoms with Gasteiger partial charge in [0.1, 0.15) is 5.01 Å². The molecule has 0 bridgehead atoms. The topological polar surface area (TPSA) is 45.1 Å². The largest absolute Gasteiger partial charge is 0.395 e. The number of aliphatic hydroxyl groups excluding tert-OH is 1. The quantitative estimate of drug-likeness (QED) is 0.651. The predicted molar refractivity (Wildman–Crippen MR) is 45.6 cm³/mol. The van der Waals surface area contributed by atoms with Crippen LogP contribution in [0.4, 0.5) is 0 Å². The molecule has 0 amide bonds. The molecule has 3 nitrogen and oxygen atoms in total. The molecule has 0 fully saturated rings. The highest BCUT2D eigenvalue weighted by Gasteiger charge is 1.95. The van der Waals surface area contributed by atoms with Crippen LogP contribution in [-0.2, 0) is 6.54 Å². The number of thiazole rings is 1. The Morgan fingerprint density at radius 3 is 3.09 bits per heavy atom. The second-order valence-electron chi connectivity index (χ2n) is 2.28. The Kier molecular flexibility index (Phi) is 3.48. The van der Waals surface area contributed by atoms with Crippen molar-refractivity contribution >= 4 is 11.3 Å². The summed E-state index contributed by atoms with van der Waals surface area (Å²) in [5.74, 6) is 0. The summed E-state index contributed by atoms with van der Waals surface area (Å²) in [6.07, 6.45) is 0. The van der Waals surface area contributed by atoms with Crippen molar-refractivity contribution in [3.63, 3.8) is 0 Å². The molecule has 2 N–H and O–H groups in total. The van der Waals surface area contributed by atoms with E-state index >= 15 is 0 Å². The molecule has 0 atom stereocenters. The number of nitrogens with zero attached hydrogens (tertiary/aromatic N) is 1. The molecule has 0 aromatic carbocycles. The van der Waals surface area contributed by atoms with Crippen molar-refractivity contribution in [1.29, 1.82) is 0 Å². The van der Waals surface area contributed by atoms with Gasteiger partial charge in [-0.25, -0.2) is 4.98 Å². The van der Waals surface area contributed by atoms with Gasteiger partial charge in [0.2, 0.25) is 0 Å². The van der Waals surface area contributed by atoms with Crippen molar-refractivity contribution < 1.29 is 5.11 Å². The van der Waals surface area contributed by atoms with Crippen LogP contribution in [0, 0.1) is 6.92 Å². The van der Waals surface area contributed by atoms with Gasteiger partial charge < -0.3 is 10.4 Å². The smallest absolute Gasteiger partial charge is 0.107 e. The summed E-state index contributed by atoms with van der Waals surface area (Å²) >= 11 is 1.64. The zero-order chi connectivity index (χ0) is 8.10. The molecule has 4 heteroatoms. The van der Waals surface area contributed by atoms with Crippen LogP contribution in [-0.4, -0.2) is 23.2 Å². The van der Waals surface area contributed by atoms with Crippen molar-refractivity contribution in [3.8, 4) is 0 Å². The van der Waals surface area contributed by atoms with Gasteiger partial charge in [0.25, 0.3) is 0 Å². The lowest BCUT2D eigenvalue weighted by atomic mass is 10.5. The second-order valence-corrected chi connectivity index (χ2v) is 3.23. The standard InChI is InChI=1S/C7H12N2OS/c1-6-5-11-7(9-6)4-8-2-3-10/h5,8,10H,2-4H2,1H3. The number of aryl methyl sites for hydroxylation is 1. The van der Waals surface area contributed by atoms with E-state index in [-0.39, 0.29) is 6.61 Å². The highest BCUT2D eigenvalue weighted by atomic mass is 32.1. The monoisotopic (exact) mass is 172 g/mol. The molecule has 1 aromatic heterocycles. The third-order valence-electron chi connectivity index (χ3n) is 1.23. The first kappa shape index (κ1) is 8.64. The first-order valence-corrected chi connectivity index (χ1v) is 4.43. The molecule has 1 rings (SSSR count). The molecule has 1 heterocycles. The summed E-state index contributed by atoms with van der Waals surface area (Å²) in [6, 6.07) is 0. The maximum atomic E-state index is 8.47. The third kappa shape index (κ3) is 2.96. The highest BCUT2D eigenvalue weighted by Crippen LogP contribution is 2.07. The fraction of sp³-hybridized carbons (Fsp3) is 0.571. The molecule has 0 radical (unpaired) electrons. The number of hydrogen-bond acceptors (Lipinski definition) is 4. The molecule has 1 aromatic rings. The van der Waals surface area contributed by atoms with E-state index in [1.807, 2.05) is 12.3 Å². The van der Waals surface area contributed by atoms with Gasteiger partial charge in [-0.05, 0) is 6.92 Å². The van der Waals surface area contributed by atoms with Crippen molar-refractivity contribution in [2.24, 2.45) is 0 Å². The molecule has 0 aliphatic heterocycles. The van der Waals surface area contributed by atoms with Crippen LogP contribution in [0.2, 0.25) is 0 Å². The first-order chi connectivity index (χ1) is 5.33. The molecule has 11 heavy (non-hydrogen) atoms. The van der Waals surface area contributed by atoms with Crippen molar-refractivity contribution in [3.05, 3.63) is 16.1 Å². The molecule has 0 saturated heterocycles. The Labute approximate surface area is 70.1 Å². The summed E-state index contributed by atoms with van der Waals surface area (Å²) in [5, 5.41) is 14.6. The van der Waals surface area contributed by atoms with E-state index in [2.05, 4.69) is 10.3 Å². The van der Waals surface area contributed by atoms with Crippen LogP contribution in [0.15, 0.2) is 5.38 Å². The van der Waals surface area contributed by atoms with E-state index in [1.54, 1.807) is 11.3 Å². The lowest BCUT2D eigenvalue weighted by Gasteiger charge is -1.96. The number of nitrogens with one attached hydrogen (secondary N) is 1. The average molecular weight is 172 g/mol. The first-order valence-electron chi connectivity index (χ1n) is 3.55. The molecular weight excluding hydrogens is 160 g/mol. The summed E-state index contributed by atoms with van der Waals surface area (Å²) in [4.78, 5) is 4.26. The van der Waals surface area contributed by atoms with E-state index in [0.29, 0.717) is 6.54 Å². The Morgan fingerprint density at radius 2 is 2.55 bits per heavy atom. The minimum Gasteiger partial charge on any atom is -0.395 e. The number of aromatic nitrogens is 1. The van der Waals surface area contributed by atoms with Gasteiger partial charge in [0.15, 0.2) is 0 Å². The molecule has 0 spiro atoms. The van der Waals surface area contributed by atoms with Crippen LogP contribution >= 0.6 is 11.3 Å². The number of aliphatic hydroxyl groups is 1. The number of hydrogen-bond donors (Lipinski definition) is 2. The van der Waals surface area contributed by atoms with Crippen molar-refractivity contribution in [2.75, 3.05) is 13.2 Å². The van der Waals surface area contributed by atoms with Crippen molar-refractivity contribution in [1.82, 2.24) is 10.3 Å². The molecule has 0 saturated carbocycles. The Bertz CT molecular complexity index is 212. The Morgan fingerprint density at radius 1 is 1.73 bits per heavy atom. The van der Waals surface area contributed by atoms with Crippen LogP contribution < -0.4 is 5.32 Å². The lowest BCUT2D eigenvalue weighted by molar-refractivity contribution is 0.292. The van der Waals surface area contributed by atoms with Gasteiger partial charge in [0, 0.05) is 24.2 Å². The van der Waals surface area contributed by atoms with E-state index in [9.17, 15) is 0 Å². The predicted octanol–water partition coefficient (Wildman–Crippen LogP) is 0.533. The minimum absolute atomic E-state index is 0.185. The van der Waals surface area contributed by atoms with E-state index in [1.165, 1.54) is 0 Å². The minimum atomic E-state index is 0.185. The fourth-order valence-corrected chi connectivity index (χ4v) is 1.50. The van der Waals surface area contributed by atoms with Gasteiger partial charge in [-0.3, -0.25) is 0 Å². The Hall–Kier alpha value is -0.450. The summed E-state index contributed by atoms with van der Waals surface area (Å²) in [7, 11) is 0. The van der Waals surface area contributed by atoms with Gasteiger partial charge in [-0.15, -0.1) is 11.3 Å². The summed E-state index contributed by atoms with van der Waals surface area (Å²) in [6.45, 7) is 3.56. The maximum Gasteiger partial charge on any atom is 0.107 e. The van der Waals surface area contributed by atoms with Crippen LogP contribution in [0.25, 0.3) is 0 Å². The van der Waals surface area contributed by atoms with E-state index in [0.717, 1.165) is 17.2 Å². The van der Waals surface area contributed by atoms with Gasteiger partial charge in [-0.2, -0.15) is 0 Å². The molecule has 62 valence electrons. The second kappa shape index (κ2) is 4.43. The van der Waals surface area contributed by atoms with Gasteiger partial charge in [0.05, 0.1) is 6.61 Å². The van der Waals surface area contributed by atoms with E-state index in [4.69, 9.17) is 5.11 Å². The summed E-state index contributed by atoms with van der Waals surface area (Å²) in [5.41, 5.74) is 1.07. The zero-order valence-corrected chi connectivity index (χ0v) is 7.32. The molecule has 0 aliphatic carbocycles. The van der Waals surface area contributed by atoms with Crippen molar-refractivity contribution in [2.45, 2.75) is 13.5 Å². The van der Waals surface area contributed by atoms with E-state index < -0.39 is 0 Å². The SMILES string of the molecule is Cc1csc(CNCCO)n1. The lowest BCUT2D eigenvalue weighted by Crippen LogP contribution is -2.17. The fourth-order valence-electron chi connectivity index (χ4n) is 0.758. The highest BCUT2D eigenvalue weighted by molar-refractivity contribution is 7.09. The molecule has 0 aliphatic rings. The van der Waals surface area contributed by atoms with Crippen LogP contribution in [0.3, 0.4) is 0 Å². The third-order valence-corrected chi connectivity index (χ3v) is 2.20. The summed E-state index contributed by atoms with van der Waals surface area (Å²) < 4.78 is 0. The maximum absolute atomic E-state index is 8.47. The molecular formula is C7H12N2OS. The normalized spacial score (nSPS) is 10.4. The van der Waals surface area contributed by atoms with Crippen LogP contribution in [0.1, 0.15) is 10.7 Å². The zero-order valence-electron chi connectivity index (χ0n) is 6.50. The molecule has 0 unspecified atom stereocenters. The van der Waals surface area contributed by atoms with Crippen LogP contribution in [0.5, 0.6) is 0 Å². The Balaban J connectivity index is 2.27. The van der Waals surface area contributed by atoms with Gasteiger partial charge in [-0.1, -0.05) is 0 Å². The average Bonchev–Trinajstić information content (AvgIpc) is 2.37. The van der Waals surface area contributed by atoms with Gasteiger partial charge >= 0.3 is 0 Å².